The van der Waals surface area contributed by atoms with E-state index in [9.17, 15) is 4.79 Å². The monoisotopic (exact) mass is 550 g/mol. The number of ether oxygens (including phenoxy) is 1. The first kappa shape index (κ1) is 26.0. The molecule has 1 amide bonds. The molecular weight excluding hydrogens is 515 g/mol. The van der Waals surface area contributed by atoms with Crippen LogP contribution in [0.15, 0.2) is 47.5 Å². The van der Waals surface area contributed by atoms with Gasteiger partial charge >= 0.3 is 0 Å². The van der Waals surface area contributed by atoms with Crippen LogP contribution in [0.2, 0.25) is 0 Å². The quantitative estimate of drug-likeness (QED) is 0.281. The van der Waals surface area contributed by atoms with Crippen LogP contribution in [0.25, 0.3) is 0 Å². The minimum atomic E-state index is 0. The Hall–Kier alpha value is -2.29. The van der Waals surface area contributed by atoms with Crippen molar-refractivity contribution in [1.82, 2.24) is 15.5 Å². The fourth-order valence-corrected chi connectivity index (χ4v) is 3.78. The Morgan fingerprint density at radius 2 is 1.94 bits per heavy atom. The first-order valence-electron chi connectivity index (χ1n) is 11.1. The lowest BCUT2D eigenvalue weighted by atomic mass is 10.1. The summed E-state index contributed by atoms with van der Waals surface area (Å²) in [4.78, 5) is 18.6. The van der Waals surface area contributed by atoms with Gasteiger partial charge < -0.3 is 20.3 Å². The van der Waals surface area contributed by atoms with Crippen molar-refractivity contribution in [2.45, 2.75) is 46.2 Å². The molecule has 6 nitrogen and oxygen atoms in total. The van der Waals surface area contributed by atoms with Gasteiger partial charge in [0.2, 0.25) is 5.91 Å². The fourth-order valence-electron chi connectivity index (χ4n) is 3.78. The maximum atomic E-state index is 11.9. The van der Waals surface area contributed by atoms with Crippen LogP contribution < -0.4 is 15.4 Å². The highest BCUT2D eigenvalue weighted by Gasteiger charge is 2.19. The van der Waals surface area contributed by atoms with E-state index >= 15 is 0 Å². The van der Waals surface area contributed by atoms with Crippen LogP contribution in [0, 0.1) is 6.92 Å². The minimum absolute atomic E-state index is 0. The van der Waals surface area contributed by atoms with E-state index in [1.54, 1.807) is 7.11 Å². The van der Waals surface area contributed by atoms with Crippen molar-refractivity contribution in [3.63, 3.8) is 0 Å². The number of halogens is 1. The molecule has 0 unspecified atom stereocenters. The van der Waals surface area contributed by atoms with Gasteiger partial charge in [0.15, 0.2) is 5.96 Å². The highest BCUT2D eigenvalue weighted by molar-refractivity contribution is 14.0. The zero-order chi connectivity index (χ0) is 22.1. The molecule has 1 aliphatic rings. The van der Waals surface area contributed by atoms with Crippen molar-refractivity contribution >= 4 is 35.8 Å². The first-order valence-corrected chi connectivity index (χ1v) is 11.1. The molecule has 0 atom stereocenters. The third kappa shape index (κ3) is 7.69. The maximum absolute atomic E-state index is 11.9. The van der Waals surface area contributed by atoms with E-state index in [4.69, 9.17) is 9.73 Å². The third-order valence-corrected chi connectivity index (χ3v) is 5.48. The number of carbonyl (C=O) groups excluding carboxylic acids is 1. The second-order valence-corrected chi connectivity index (χ2v) is 7.91. The molecule has 1 heterocycles. The van der Waals surface area contributed by atoms with Crippen LogP contribution in [0.5, 0.6) is 5.75 Å². The molecule has 32 heavy (non-hydrogen) atoms. The second-order valence-electron chi connectivity index (χ2n) is 7.91. The zero-order valence-electron chi connectivity index (χ0n) is 19.3. The molecule has 0 bridgehead atoms. The lowest BCUT2D eigenvalue weighted by Gasteiger charge is -2.16. The Morgan fingerprint density at radius 1 is 1.12 bits per heavy atom. The summed E-state index contributed by atoms with van der Waals surface area (Å²) in [5, 5.41) is 6.73. The van der Waals surface area contributed by atoms with Gasteiger partial charge in [-0.25, -0.2) is 4.99 Å². The molecule has 2 N–H and O–H groups in total. The minimum Gasteiger partial charge on any atom is -0.496 e. The highest BCUT2D eigenvalue weighted by Crippen LogP contribution is 2.19. The van der Waals surface area contributed by atoms with Crippen LogP contribution in [0.1, 0.15) is 42.0 Å². The van der Waals surface area contributed by atoms with Gasteiger partial charge in [-0.15, -0.1) is 24.0 Å². The highest BCUT2D eigenvalue weighted by atomic mass is 127. The average Bonchev–Trinajstić information content (AvgIpc) is 3.17. The number of methoxy groups -OCH3 is 1. The van der Waals surface area contributed by atoms with Gasteiger partial charge in [0.25, 0.3) is 0 Å². The molecule has 2 aromatic rings. The number of nitrogens with one attached hydrogen (secondary N) is 2. The first-order chi connectivity index (χ1) is 15.1. The van der Waals surface area contributed by atoms with Gasteiger partial charge in [-0.1, -0.05) is 36.4 Å². The molecule has 3 rings (SSSR count). The van der Waals surface area contributed by atoms with E-state index in [0.717, 1.165) is 60.9 Å². The second kappa shape index (κ2) is 13.3. The van der Waals surface area contributed by atoms with Crippen LogP contribution in [-0.2, 0) is 24.3 Å². The van der Waals surface area contributed by atoms with Crippen LogP contribution in [-0.4, -0.2) is 43.5 Å². The molecule has 1 aliphatic heterocycles. The summed E-state index contributed by atoms with van der Waals surface area (Å²) in [6, 6.07) is 14.7. The van der Waals surface area contributed by atoms with Gasteiger partial charge in [-0.05, 0) is 55.0 Å². The lowest BCUT2D eigenvalue weighted by molar-refractivity contribution is -0.128. The predicted molar refractivity (Wildman–Crippen MR) is 141 cm³/mol. The Kier molecular flexibility index (Phi) is 10.8. The molecule has 0 aromatic heterocycles. The lowest BCUT2D eigenvalue weighted by Crippen LogP contribution is -2.38. The number of carbonyl (C=O) groups is 1. The Balaban J connectivity index is 0.00000363. The van der Waals surface area contributed by atoms with Gasteiger partial charge in [0.05, 0.1) is 13.7 Å². The number of benzene rings is 2. The third-order valence-electron chi connectivity index (χ3n) is 5.48. The van der Waals surface area contributed by atoms with E-state index in [2.05, 4.69) is 60.9 Å². The molecule has 0 aliphatic carbocycles. The van der Waals surface area contributed by atoms with Crippen molar-refractivity contribution in [2.24, 2.45) is 4.99 Å². The number of aliphatic imine (C=N–C) groups is 1. The number of amides is 1. The number of likely N-dealkylation sites (tertiary alicyclic amines) is 1. The van der Waals surface area contributed by atoms with Gasteiger partial charge in [0, 0.05) is 32.6 Å². The van der Waals surface area contributed by atoms with Gasteiger partial charge in [-0.2, -0.15) is 0 Å². The molecule has 0 radical (unpaired) electrons. The largest absolute Gasteiger partial charge is 0.496 e. The summed E-state index contributed by atoms with van der Waals surface area (Å²) >= 11 is 0. The zero-order valence-corrected chi connectivity index (χ0v) is 21.6. The smallest absolute Gasteiger partial charge is 0.222 e. The molecule has 1 fully saturated rings. The summed E-state index contributed by atoms with van der Waals surface area (Å²) in [5.41, 5.74) is 4.68. The van der Waals surface area contributed by atoms with Crippen molar-refractivity contribution in [3.05, 3.63) is 64.7 Å². The molecular formula is C25H35IN4O2. The summed E-state index contributed by atoms with van der Waals surface area (Å²) in [6.07, 6.45) is 2.54. The molecule has 1 saturated heterocycles. The number of hydrogen-bond donors (Lipinski definition) is 2. The number of nitrogens with zero attached hydrogens (tertiary/aromatic N) is 2. The van der Waals surface area contributed by atoms with Crippen molar-refractivity contribution in [1.29, 1.82) is 0 Å². The number of rotatable bonds is 9. The average molecular weight is 550 g/mol. The Labute approximate surface area is 208 Å². The van der Waals surface area contributed by atoms with Crippen LogP contribution in [0.3, 0.4) is 0 Å². The summed E-state index contributed by atoms with van der Waals surface area (Å²) in [7, 11) is 1.71. The van der Waals surface area contributed by atoms with Gasteiger partial charge in [-0.3, -0.25) is 4.79 Å². The van der Waals surface area contributed by atoms with E-state index in [-0.39, 0.29) is 29.9 Å². The van der Waals surface area contributed by atoms with Crippen LogP contribution in [0.4, 0.5) is 0 Å². The standard InChI is InChI=1S/C25H34N4O2.HI/c1-4-26-25(27-13-12-20-11-10-19(2)23(16-20)31-3)28-17-21-7-5-8-22(15-21)18-29-14-6-9-24(29)30;/h5,7-8,10-11,15-16H,4,6,9,12-14,17-18H2,1-3H3,(H2,26,27,28);1H. The summed E-state index contributed by atoms with van der Waals surface area (Å²) < 4.78 is 5.42. The fraction of sp³-hybridized carbons (Fsp3) is 0.440. The molecule has 2 aromatic carbocycles. The van der Waals surface area contributed by atoms with E-state index in [1.165, 1.54) is 5.56 Å². The number of guanidine groups is 1. The Bertz CT molecular complexity index is 917. The number of hydrogen-bond acceptors (Lipinski definition) is 3. The van der Waals surface area contributed by atoms with Crippen molar-refractivity contribution < 1.29 is 9.53 Å². The Morgan fingerprint density at radius 3 is 2.66 bits per heavy atom. The normalized spacial score (nSPS) is 13.7. The molecule has 7 heteroatoms. The van der Waals surface area contributed by atoms with E-state index < -0.39 is 0 Å². The van der Waals surface area contributed by atoms with E-state index in [1.807, 2.05) is 11.0 Å². The molecule has 0 saturated carbocycles. The van der Waals surface area contributed by atoms with Crippen molar-refractivity contribution in [3.8, 4) is 5.75 Å². The topological polar surface area (TPSA) is 66.0 Å². The number of aryl methyl sites for hydroxylation is 1. The van der Waals surface area contributed by atoms with Gasteiger partial charge in [0.1, 0.15) is 5.75 Å². The van der Waals surface area contributed by atoms with Crippen molar-refractivity contribution in [2.75, 3.05) is 26.7 Å². The maximum Gasteiger partial charge on any atom is 0.222 e. The molecule has 0 spiro atoms. The SMILES string of the molecule is CCNC(=NCc1cccc(CN2CCCC2=O)c1)NCCc1ccc(C)c(OC)c1.I. The predicted octanol–water partition coefficient (Wildman–Crippen LogP) is 4.04. The summed E-state index contributed by atoms with van der Waals surface area (Å²) in [5.74, 6) is 1.99. The summed E-state index contributed by atoms with van der Waals surface area (Å²) in [6.45, 7) is 7.85. The van der Waals surface area contributed by atoms with Crippen LogP contribution >= 0.6 is 24.0 Å². The van der Waals surface area contributed by atoms with E-state index in [0.29, 0.717) is 19.5 Å². The molecule has 174 valence electrons.